The molecule has 1 saturated heterocycles. The van der Waals surface area contributed by atoms with Gasteiger partial charge < -0.3 is 10.2 Å². The maximum atomic E-state index is 12.4. The molecule has 2 aromatic rings. The van der Waals surface area contributed by atoms with Gasteiger partial charge in [-0.1, -0.05) is 45.0 Å². The van der Waals surface area contributed by atoms with E-state index in [0.29, 0.717) is 11.3 Å². The molecule has 5 heteroatoms. The van der Waals surface area contributed by atoms with Gasteiger partial charge >= 0.3 is 0 Å². The van der Waals surface area contributed by atoms with Crippen molar-refractivity contribution in [2.75, 3.05) is 23.3 Å². The lowest BCUT2D eigenvalue weighted by Crippen LogP contribution is -2.30. The van der Waals surface area contributed by atoms with Gasteiger partial charge in [-0.15, -0.1) is 0 Å². The van der Waals surface area contributed by atoms with Gasteiger partial charge in [0, 0.05) is 18.7 Å². The second-order valence-corrected chi connectivity index (χ2v) is 8.06. The van der Waals surface area contributed by atoms with Crippen LogP contribution >= 0.6 is 0 Å². The molecule has 0 bridgehead atoms. The summed E-state index contributed by atoms with van der Waals surface area (Å²) in [5.41, 5.74) is 2.04. The first kappa shape index (κ1) is 19.1. The monoisotopic (exact) mass is 365 g/mol. The minimum absolute atomic E-state index is 0.00556. The highest BCUT2D eigenvalue weighted by Crippen LogP contribution is 2.23. The Morgan fingerprint density at radius 1 is 0.963 bits per heavy atom. The van der Waals surface area contributed by atoms with Crippen molar-refractivity contribution in [3.63, 3.8) is 0 Å². The second kappa shape index (κ2) is 7.91. The molecule has 1 amide bonds. The van der Waals surface area contributed by atoms with E-state index < -0.39 is 11.7 Å². The Bertz CT molecular complexity index is 799. The molecule has 0 spiro atoms. The van der Waals surface area contributed by atoms with Gasteiger partial charge in [0.15, 0.2) is 0 Å². The van der Waals surface area contributed by atoms with Crippen LogP contribution in [0.15, 0.2) is 42.6 Å². The molecule has 1 aliphatic rings. The van der Waals surface area contributed by atoms with Gasteiger partial charge in [-0.2, -0.15) is 0 Å². The van der Waals surface area contributed by atoms with Crippen LogP contribution in [-0.4, -0.2) is 29.8 Å². The molecule has 0 unspecified atom stereocenters. The van der Waals surface area contributed by atoms with Crippen LogP contribution in [0.5, 0.6) is 0 Å². The summed E-state index contributed by atoms with van der Waals surface area (Å²) in [7, 11) is 0. The fourth-order valence-electron chi connectivity index (χ4n) is 3.21. The average Bonchev–Trinajstić information content (AvgIpc) is 2.68. The van der Waals surface area contributed by atoms with Crippen LogP contribution in [-0.2, 0) is 10.2 Å². The Balaban J connectivity index is 1.63. The van der Waals surface area contributed by atoms with Crippen LogP contribution in [0.1, 0.15) is 56.0 Å². The van der Waals surface area contributed by atoms with E-state index in [1.54, 1.807) is 24.4 Å². The zero-order valence-corrected chi connectivity index (χ0v) is 16.3. The summed E-state index contributed by atoms with van der Waals surface area (Å²) in [5, 5.41) is 2.65. The molecule has 1 fully saturated rings. The number of ketones is 1. The van der Waals surface area contributed by atoms with Crippen molar-refractivity contribution < 1.29 is 9.59 Å². The molecule has 0 saturated carbocycles. The Hall–Kier alpha value is -2.69. The molecule has 1 aromatic carbocycles. The number of hydrogen-bond acceptors (Lipinski definition) is 4. The lowest BCUT2D eigenvalue weighted by molar-refractivity contribution is -0.112. The number of nitrogens with zero attached hydrogens (tertiary/aromatic N) is 2. The minimum atomic E-state index is -0.647. The summed E-state index contributed by atoms with van der Waals surface area (Å²) in [4.78, 5) is 31.3. The number of carbonyl (C=O) groups is 2. The van der Waals surface area contributed by atoms with E-state index in [9.17, 15) is 9.59 Å². The first-order chi connectivity index (χ1) is 12.8. The van der Waals surface area contributed by atoms with Gasteiger partial charge in [0.1, 0.15) is 5.82 Å². The zero-order chi connectivity index (χ0) is 19.4. The van der Waals surface area contributed by atoms with Crippen LogP contribution < -0.4 is 10.2 Å². The van der Waals surface area contributed by atoms with Crippen LogP contribution in [0.25, 0.3) is 0 Å². The van der Waals surface area contributed by atoms with Gasteiger partial charge in [0.05, 0.1) is 11.9 Å². The van der Waals surface area contributed by atoms with Gasteiger partial charge in [-0.3, -0.25) is 9.59 Å². The number of rotatable bonds is 4. The molecule has 1 N–H and O–H groups in total. The normalized spacial score (nSPS) is 14.7. The SMILES string of the molecule is CC(C)(C)c1ccc(C(=O)C(=O)Nc2ccc(N3CCCCC3)nc2)cc1. The number of piperidine rings is 1. The van der Waals surface area contributed by atoms with Crippen molar-refractivity contribution in [2.45, 2.75) is 45.4 Å². The lowest BCUT2D eigenvalue weighted by atomic mass is 9.86. The van der Waals surface area contributed by atoms with Crippen LogP contribution in [0.4, 0.5) is 11.5 Å². The van der Waals surface area contributed by atoms with Gasteiger partial charge in [-0.25, -0.2) is 4.98 Å². The van der Waals surface area contributed by atoms with Gasteiger partial charge in [-0.05, 0) is 42.4 Å². The highest BCUT2D eigenvalue weighted by molar-refractivity contribution is 6.46. The standard InChI is InChI=1S/C22H27N3O2/c1-22(2,3)17-9-7-16(8-10-17)20(26)21(27)24-18-11-12-19(23-15-18)25-13-5-4-6-14-25/h7-12,15H,4-6,13-14H2,1-3H3,(H,24,27). The third-order valence-corrected chi connectivity index (χ3v) is 4.91. The molecule has 1 aliphatic heterocycles. The fraction of sp³-hybridized carbons (Fsp3) is 0.409. The summed E-state index contributed by atoms with van der Waals surface area (Å²) >= 11 is 0. The molecular weight excluding hydrogens is 338 g/mol. The number of nitrogens with one attached hydrogen (secondary N) is 1. The first-order valence-electron chi connectivity index (χ1n) is 9.52. The molecule has 1 aromatic heterocycles. The van der Waals surface area contributed by atoms with E-state index in [1.807, 2.05) is 18.2 Å². The third-order valence-electron chi connectivity index (χ3n) is 4.91. The molecule has 2 heterocycles. The Kier molecular flexibility index (Phi) is 5.59. The second-order valence-electron chi connectivity index (χ2n) is 8.06. The number of pyridine rings is 1. The van der Waals surface area contributed by atoms with E-state index >= 15 is 0 Å². The number of hydrogen-bond donors (Lipinski definition) is 1. The minimum Gasteiger partial charge on any atom is -0.357 e. The van der Waals surface area contributed by atoms with E-state index in [0.717, 1.165) is 24.5 Å². The van der Waals surface area contributed by atoms with Crippen molar-refractivity contribution in [2.24, 2.45) is 0 Å². The van der Waals surface area contributed by atoms with Crippen molar-refractivity contribution in [3.8, 4) is 0 Å². The molecule has 27 heavy (non-hydrogen) atoms. The Labute approximate surface area is 160 Å². The predicted molar refractivity (Wildman–Crippen MR) is 108 cm³/mol. The summed E-state index contributed by atoms with van der Waals surface area (Å²) < 4.78 is 0. The Morgan fingerprint density at radius 3 is 2.19 bits per heavy atom. The average molecular weight is 365 g/mol. The topological polar surface area (TPSA) is 62.3 Å². The summed E-state index contributed by atoms with van der Waals surface area (Å²) in [6.07, 6.45) is 5.24. The summed E-state index contributed by atoms with van der Waals surface area (Å²) in [6.45, 7) is 8.36. The van der Waals surface area contributed by atoms with E-state index in [2.05, 4.69) is 36.0 Å². The maximum Gasteiger partial charge on any atom is 0.296 e. The maximum absolute atomic E-state index is 12.4. The summed E-state index contributed by atoms with van der Waals surface area (Å²) in [6, 6.07) is 10.9. The van der Waals surface area contributed by atoms with E-state index in [1.165, 1.54) is 19.3 Å². The van der Waals surface area contributed by atoms with Crippen molar-refractivity contribution in [1.82, 2.24) is 4.98 Å². The fourth-order valence-corrected chi connectivity index (χ4v) is 3.21. The zero-order valence-electron chi connectivity index (χ0n) is 16.3. The van der Waals surface area contributed by atoms with E-state index in [-0.39, 0.29) is 5.41 Å². The third kappa shape index (κ3) is 4.73. The number of Topliss-reactive ketones (excluding diaryl/α,β-unsaturated/α-hetero) is 1. The highest BCUT2D eigenvalue weighted by Gasteiger charge is 2.19. The first-order valence-corrected chi connectivity index (χ1v) is 9.52. The smallest absolute Gasteiger partial charge is 0.296 e. The molecule has 0 atom stereocenters. The summed E-state index contributed by atoms with van der Waals surface area (Å²) in [5.74, 6) is -0.279. The quantitative estimate of drug-likeness (QED) is 0.652. The molecule has 5 nitrogen and oxygen atoms in total. The molecule has 0 aliphatic carbocycles. The molecule has 0 radical (unpaired) electrons. The van der Waals surface area contributed by atoms with Crippen LogP contribution in [0.2, 0.25) is 0 Å². The number of anilines is 2. The number of benzene rings is 1. The van der Waals surface area contributed by atoms with Crippen molar-refractivity contribution >= 4 is 23.2 Å². The number of amides is 1. The van der Waals surface area contributed by atoms with Crippen molar-refractivity contribution in [3.05, 3.63) is 53.7 Å². The molecule has 3 rings (SSSR count). The van der Waals surface area contributed by atoms with Crippen molar-refractivity contribution in [1.29, 1.82) is 0 Å². The van der Waals surface area contributed by atoms with E-state index in [4.69, 9.17) is 0 Å². The Morgan fingerprint density at radius 2 is 1.63 bits per heavy atom. The van der Waals surface area contributed by atoms with Gasteiger partial charge in [0.25, 0.3) is 11.7 Å². The lowest BCUT2D eigenvalue weighted by Gasteiger charge is -2.27. The number of aromatic nitrogens is 1. The van der Waals surface area contributed by atoms with Crippen LogP contribution in [0.3, 0.4) is 0 Å². The highest BCUT2D eigenvalue weighted by atomic mass is 16.2. The predicted octanol–water partition coefficient (Wildman–Crippen LogP) is 4.19. The largest absolute Gasteiger partial charge is 0.357 e. The molecular formula is C22H27N3O2. The van der Waals surface area contributed by atoms with Crippen LogP contribution in [0, 0.1) is 0 Å². The molecule has 142 valence electrons. The van der Waals surface area contributed by atoms with Gasteiger partial charge in [0.2, 0.25) is 0 Å². The number of carbonyl (C=O) groups excluding carboxylic acids is 2.